The van der Waals surface area contributed by atoms with Crippen LogP contribution in [0.5, 0.6) is 0 Å². The zero-order valence-electron chi connectivity index (χ0n) is 11.0. The van der Waals surface area contributed by atoms with E-state index in [1.165, 1.54) is 16.7 Å². The molecule has 2 rings (SSSR count). The van der Waals surface area contributed by atoms with Gasteiger partial charge < -0.3 is 11.5 Å². The topological polar surface area (TPSA) is 52.0 Å². The lowest BCUT2D eigenvalue weighted by Crippen LogP contribution is -2.20. The van der Waals surface area contributed by atoms with E-state index in [9.17, 15) is 0 Å². The fourth-order valence-electron chi connectivity index (χ4n) is 2.13. The highest BCUT2D eigenvalue weighted by molar-refractivity contribution is 5.65. The smallest absolute Gasteiger partial charge is 0.00841 e. The first kappa shape index (κ1) is 13.5. The van der Waals surface area contributed by atoms with Gasteiger partial charge in [-0.1, -0.05) is 61.2 Å². The first-order chi connectivity index (χ1) is 9.28. The molecule has 0 saturated carbocycles. The van der Waals surface area contributed by atoms with Crippen LogP contribution in [0.2, 0.25) is 0 Å². The molecule has 0 bridgehead atoms. The Morgan fingerprint density at radius 2 is 1.32 bits per heavy atom. The van der Waals surface area contributed by atoms with Crippen LogP contribution in [0.15, 0.2) is 55.1 Å². The van der Waals surface area contributed by atoms with Crippen molar-refractivity contribution in [1.82, 2.24) is 0 Å². The van der Waals surface area contributed by atoms with Gasteiger partial charge in [0.2, 0.25) is 0 Å². The van der Waals surface area contributed by atoms with Gasteiger partial charge in [0.25, 0.3) is 0 Å². The Morgan fingerprint density at radius 1 is 0.842 bits per heavy atom. The van der Waals surface area contributed by atoms with E-state index in [0.717, 1.165) is 5.56 Å². The van der Waals surface area contributed by atoms with Crippen LogP contribution in [0.3, 0.4) is 0 Å². The molecular formula is C17H20N2. The Bertz CT molecular complexity index is 522. The Labute approximate surface area is 114 Å². The Morgan fingerprint density at radius 3 is 1.74 bits per heavy atom. The van der Waals surface area contributed by atoms with Crippen molar-refractivity contribution in [2.45, 2.75) is 5.92 Å². The predicted octanol–water partition coefficient (Wildman–Crippen LogP) is 3.00. The molecule has 0 atom stereocenters. The predicted molar refractivity (Wildman–Crippen MR) is 82.8 cm³/mol. The van der Waals surface area contributed by atoms with E-state index in [2.05, 4.69) is 55.1 Å². The zero-order valence-corrected chi connectivity index (χ0v) is 11.0. The van der Waals surface area contributed by atoms with Crippen LogP contribution in [0.1, 0.15) is 17.0 Å². The summed E-state index contributed by atoms with van der Waals surface area (Å²) in [5.41, 5.74) is 16.2. The van der Waals surface area contributed by atoms with E-state index >= 15 is 0 Å². The summed E-state index contributed by atoms with van der Waals surface area (Å²) in [4.78, 5) is 0. The molecule has 0 aliphatic carbocycles. The van der Waals surface area contributed by atoms with Crippen LogP contribution < -0.4 is 11.5 Å². The van der Waals surface area contributed by atoms with Crippen LogP contribution >= 0.6 is 0 Å². The summed E-state index contributed by atoms with van der Waals surface area (Å²) in [6.07, 6.45) is 1.85. The third kappa shape index (κ3) is 3.11. The zero-order chi connectivity index (χ0) is 13.7. The second-order valence-corrected chi connectivity index (χ2v) is 4.62. The lowest BCUT2D eigenvalue weighted by molar-refractivity contribution is 0.708. The van der Waals surface area contributed by atoms with Crippen LogP contribution in [0, 0.1) is 0 Å². The van der Waals surface area contributed by atoms with Crippen molar-refractivity contribution in [3.63, 3.8) is 0 Å². The van der Waals surface area contributed by atoms with Crippen molar-refractivity contribution >= 4 is 6.08 Å². The average molecular weight is 252 g/mol. The molecule has 0 radical (unpaired) electrons. The lowest BCUT2D eigenvalue weighted by atomic mass is 9.96. The van der Waals surface area contributed by atoms with Crippen molar-refractivity contribution in [1.29, 1.82) is 0 Å². The largest absolute Gasteiger partial charge is 0.330 e. The normalized spacial score (nSPS) is 10.7. The number of rotatable bonds is 5. The molecule has 0 aliphatic heterocycles. The monoisotopic (exact) mass is 252 g/mol. The minimum absolute atomic E-state index is 0.247. The van der Waals surface area contributed by atoms with E-state index in [-0.39, 0.29) is 5.92 Å². The lowest BCUT2D eigenvalue weighted by Gasteiger charge is -2.13. The molecule has 0 aliphatic rings. The first-order valence-corrected chi connectivity index (χ1v) is 6.51. The SMILES string of the molecule is C=Cc1ccc(-c2ccc(C(CN)CN)cc2)cc1. The standard InChI is InChI=1S/C17H20N2/c1-2-13-3-5-14(6-4-13)15-7-9-16(10-8-15)17(11-18)12-19/h2-10,17H,1,11-12,18-19H2. The van der Waals surface area contributed by atoms with Gasteiger partial charge in [-0.2, -0.15) is 0 Å². The highest BCUT2D eigenvalue weighted by Crippen LogP contribution is 2.23. The van der Waals surface area contributed by atoms with Crippen molar-refractivity contribution in [2.24, 2.45) is 11.5 Å². The van der Waals surface area contributed by atoms with Gasteiger partial charge in [-0.15, -0.1) is 0 Å². The minimum atomic E-state index is 0.247. The highest BCUT2D eigenvalue weighted by Gasteiger charge is 2.07. The fourth-order valence-corrected chi connectivity index (χ4v) is 2.13. The molecule has 19 heavy (non-hydrogen) atoms. The third-order valence-electron chi connectivity index (χ3n) is 3.43. The maximum absolute atomic E-state index is 5.71. The Balaban J connectivity index is 2.23. The number of hydrogen-bond acceptors (Lipinski definition) is 2. The summed E-state index contributed by atoms with van der Waals surface area (Å²) in [7, 11) is 0. The molecule has 0 heterocycles. The van der Waals surface area contributed by atoms with Gasteiger partial charge in [0.15, 0.2) is 0 Å². The van der Waals surface area contributed by atoms with Crippen molar-refractivity contribution in [3.05, 3.63) is 66.2 Å². The first-order valence-electron chi connectivity index (χ1n) is 6.51. The molecule has 2 nitrogen and oxygen atoms in total. The van der Waals surface area contributed by atoms with Gasteiger partial charge in [0, 0.05) is 19.0 Å². The van der Waals surface area contributed by atoms with Crippen LogP contribution in [-0.2, 0) is 0 Å². The summed E-state index contributed by atoms with van der Waals surface area (Å²) in [6.45, 7) is 4.93. The molecule has 2 heteroatoms. The summed E-state index contributed by atoms with van der Waals surface area (Å²) in [6, 6.07) is 16.8. The number of benzene rings is 2. The van der Waals surface area contributed by atoms with Gasteiger partial charge in [-0.3, -0.25) is 0 Å². The van der Waals surface area contributed by atoms with E-state index < -0.39 is 0 Å². The van der Waals surface area contributed by atoms with Gasteiger partial charge in [0.05, 0.1) is 0 Å². The maximum Gasteiger partial charge on any atom is 0.00841 e. The molecule has 2 aromatic rings. The molecule has 98 valence electrons. The van der Waals surface area contributed by atoms with E-state index in [1.54, 1.807) is 0 Å². The van der Waals surface area contributed by atoms with E-state index in [0.29, 0.717) is 13.1 Å². The molecule has 2 aromatic carbocycles. The Kier molecular flexibility index (Phi) is 4.50. The summed E-state index contributed by atoms with van der Waals surface area (Å²) in [5.74, 6) is 0.247. The molecule has 0 saturated heterocycles. The van der Waals surface area contributed by atoms with Crippen molar-refractivity contribution in [2.75, 3.05) is 13.1 Å². The summed E-state index contributed by atoms with van der Waals surface area (Å²) < 4.78 is 0. The van der Waals surface area contributed by atoms with Crippen molar-refractivity contribution in [3.8, 4) is 11.1 Å². The third-order valence-corrected chi connectivity index (χ3v) is 3.43. The molecule has 0 amide bonds. The fraction of sp³-hybridized carbons (Fsp3) is 0.176. The molecule has 0 unspecified atom stereocenters. The molecular weight excluding hydrogens is 232 g/mol. The van der Waals surface area contributed by atoms with Gasteiger partial charge in [-0.05, 0) is 22.3 Å². The maximum atomic E-state index is 5.71. The Hall–Kier alpha value is -1.90. The van der Waals surface area contributed by atoms with Gasteiger partial charge >= 0.3 is 0 Å². The second-order valence-electron chi connectivity index (χ2n) is 4.62. The number of hydrogen-bond donors (Lipinski definition) is 2. The summed E-state index contributed by atoms with van der Waals surface area (Å²) in [5, 5.41) is 0. The van der Waals surface area contributed by atoms with Gasteiger partial charge in [0.1, 0.15) is 0 Å². The van der Waals surface area contributed by atoms with Crippen LogP contribution in [0.4, 0.5) is 0 Å². The average Bonchev–Trinajstić information content (AvgIpc) is 2.49. The quantitative estimate of drug-likeness (QED) is 0.859. The minimum Gasteiger partial charge on any atom is -0.330 e. The molecule has 4 N–H and O–H groups in total. The molecule has 0 fully saturated rings. The molecule has 0 aromatic heterocycles. The second kappa shape index (κ2) is 6.32. The van der Waals surface area contributed by atoms with Crippen molar-refractivity contribution < 1.29 is 0 Å². The molecule has 0 spiro atoms. The van der Waals surface area contributed by atoms with Crippen LogP contribution in [-0.4, -0.2) is 13.1 Å². The number of nitrogens with two attached hydrogens (primary N) is 2. The summed E-state index contributed by atoms with van der Waals surface area (Å²) >= 11 is 0. The van der Waals surface area contributed by atoms with Crippen LogP contribution in [0.25, 0.3) is 17.2 Å². The highest BCUT2D eigenvalue weighted by atomic mass is 14.6. The van der Waals surface area contributed by atoms with E-state index in [4.69, 9.17) is 11.5 Å². The van der Waals surface area contributed by atoms with E-state index in [1.807, 2.05) is 6.08 Å². The van der Waals surface area contributed by atoms with Gasteiger partial charge in [-0.25, -0.2) is 0 Å².